The molecule has 0 saturated carbocycles. The highest BCUT2D eigenvalue weighted by Crippen LogP contribution is 2.24. The molecule has 0 radical (unpaired) electrons. The molecule has 0 aromatic heterocycles. The second-order valence-corrected chi connectivity index (χ2v) is 6.56. The molecule has 25 heavy (non-hydrogen) atoms. The summed E-state index contributed by atoms with van der Waals surface area (Å²) in [5.74, 6) is -0.0392. The van der Waals surface area contributed by atoms with Gasteiger partial charge in [0.05, 0.1) is 0 Å². The van der Waals surface area contributed by atoms with E-state index in [-0.39, 0.29) is 5.91 Å². The van der Waals surface area contributed by atoms with Gasteiger partial charge in [0.15, 0.2) is 0 Å². The average molecular weight is 337 g/mol. The van der Waals surface area contributed by atoms with Gasteiger partial charge in [0, 0.05) is 44.8 Å². The number of carbonyl (C=O) groups excluding carboxylic acids is 1. The molecule has 1 atom stereocenters. The fourth-order valence-electron chi connectivity index (χ4n) is 3.38. The van der Waals surface area contributed by atoms with Crippen LogP contribution in [0.4, 0.5) is 0 Å². The Morgan fingerprint density at radius 3 is 2.44 bits per heavy atom. The lowest BCUT2D eigenvalue weighted by atomic mass is 10.00. The largest absolute Gasteiger partial charge is 0.355 e. The van der Waals surface area contributed by atoms with Gasteiger partial charge in [0.25, 0.3) is 5.91 Å². The van der Waals surface area contributed by atoms with Crippen LogP contribution in [-0.2, 0) is 13.0 Å². The van der Waals surface area contributed by atoms with Crippen molar-refractivity contribution in [3.05, 3.63) is 70.8 Å². The monoisotopic (exact) mass is 337 g/mol. The first-order valence-electron chi connectivity index (χ1n) is 9.06. The van der Waals surface area contributed by atoms with Gasteiger partial charge in [-0.1, -0.05) is 43.3 Å². The quantitative estimate of drug-likeness (QED) is 0.882. The standard InChI is InChI=1S/C21H27N3O/c1-3-16-4-8-18(9-5-16)20-14-23-12-13-24(20)15-17-6-10-19(11-7-17)21(25)22-2/h4-11,20,23H,3,12-15H2,1-2H3,(H,22,25). The second kappa shape index (κ2) is 8.28. The summed E-state index contributed by atoms with van der Waals surface area (Å²) in [5.41, 5.74) is 4.69. The van der Waals surface area contributed by atoms with Crippen LogP contribution in [0.5, 0.6) is 0 Å². The highest BCUT2D eigenvalue weighted by molar-refractivity contribution is 5.93. The van der Waals surface area contributed by atoms with E-state index in [1.54, 1.807) is 7.05 Å². The molecule has 2 N–H and O–H groups in total. The summed E-state index contributed by atoms with van der Waals surface area (Å²) in [6.07, 6.45) is 1.07. The second-order valence-electron chi connectivity index (χ2n) is 6.56. The Hall–Kier alpha value is -2.17. The first kappa shape index (κ1) is 17.6. The van der Waals surface area contributed by atoms with Gasteiger partial charge in [0.1, 0.15) is 0 Å². The molecule has 3 rings (SSSR count). The summed E-state index contributed by atoms with van der Waals surface area (Å²) >= 11 is 0. The van der Waals surface area contributed by atoms with Crippen molar-refractivity contribution in [3.8, 4) is 0 Å². The van der Waals surface area contributed by atoms with Crippen molar-refractivity contribution in [1.82, 2.24) is 15.5 Å². The maximum absolute atomic E-state index is 11.7. The number of piperazine rings is 1. The summed E-state index contributed by atoms with van der Waals surface area (Å²) in [6.45, 7) is 6.10. The molecule has 4 heteroatoms. The van der Waals surface area contributed by atoms with Gasteiger partial charge < -0.3 is 10.6 Å². The third-order valence-electron chi connectivity index (χ3n) is 4.96. The van der Waals surface area contributed by atoms with Crippen LogP contribution < -0.4 is 10.6 Å². The molecule has 1 heterocycles. The number of amides is 1. The van der Waals surface area contributed by atoms with E-state index in [0.717, 1.165) is 32.6 Å². The molecule has 1 saturated heterocycles. The Morgan fingerprint density at radius 1 is 1.12 bits per heavy atom. The lowest BCUT2D eigenvalue weighted by Gasteiger charge is -2.36. The first-order valence-corrected chi connectivity index (χ1v) is 9.06. The predicted octanol–water partition coefficient (Wildman–Crippen LogP) is 2.76. The zero-order chi connectivity index (χ0) is 17.6. The van der Waals surface area contributed by atoms with Crippen molar-refractivity contribution >= 4 is 5.91 Å². The van der Waals surface area contributed by atoms with Gasteiger partial charge in [-0.2, -0.15) is 0 Å². The Labute approximate surface area is 150 Å². The number of nitrogens with zero attached hydrogens (tertiary/aromatic N) is 1. The summed E-state index contributed by atoms with van der Waals surface area (Å²) in [6, 6.07) is 17.3. The van der Waals surface area contributed by atoms with Gasteiger partial charge in [0.2, 0.25) is 0 Å². The van der Waals surface area contributed by atoms with Crippen molar-refractivity contribution in [1.29, 1.82) is 0 Å². The van der Waals surface area contributed by atoms with E-state index in [1.807, 2.05) is 12.1 Å². The third kappa shape index (κ3) is 4.27. The molecular weight excluding hydrogens is 310 g/mol. The molecule has 132 valence electrons. The maximum Gasteiger partial charge on any atom is 0.251 e. The van der Waals surface area contributed by atoms with Gasteiger partial charge in [-0.15, -0.1) is 0 Å². The third-order valence-corrected chi connectivity index (χ3v) is 4.96. The Balaban J connectivity index is 1.73. The molecule has 1 fully saturated rings. The number of hydrogen-bond donors (Lipinski definition) is 2. The molecule has 4 nitrogen and oxygen atoms in total. The molecule has 2 aromatic carbocycles. The molecule has 1 amide bonds. The van der Waals surface area contributed by atoms with Gasteiger partial charge in [-0.05, 0) is 35.2 Å². The summed E-state index contributed by atoms with van der Waals surface area (Å²) < 4.78 is 0. The van der Waals surface area contributed by atoms with E-state index in [2.05, 4.69) is 58.9 Å². The molecule has 0 bridgehead atoms. The van der Waals surface area contributed by atoms with Crippen LogP contribution in [0.25, 0.3) is 0 Å². The fraction of sp³-hybridized carbons (Fsp3) is 0.381. The topological polar surface area (TPSA) is 44.4 Å². The maximum atomic E-state index is 11.7. The highest BCUT2D eigenvalue weighted by Gasteiger charge is 2.23. The molecule has 1 unspecified atom stereocenters. The first-order chi connectivity index (χ1) is 12.2. The van der Waals surface area contributed by atoms with Crippen LogP contribution in [0.2, 0.25) is 0 Å². The van der Waals surface area contributed by atoms with Gasteiger partial charge in [-0.25, -0.2) is 0 Å². The number of aryl methyl sites for hydroxylation is 1. The molecule has 1 aliphatic rings. The van der Waals surface area contributed by atoms with E-state index in [4.69, 9.17) is 0 Å². The Kier molecular flexibility index (Phi) is 5.84. The van der Waals surface area contributed by atoms with E-state index in [9.17, 15) is 4.79 Å². The number of rotatable bonds is 5. The SMILES string of the molecule is CCc1ccc(C2CNCCN2Cc2ccc(C(=O)NC)cc2)cc1. The zero-order valence-electron chi connectivity index (χ0n) is 15.1. The van der Waals surface area contributed by atoms with E-state index >= 15 is 0 Å². The van der Waals surface area contributed by atoms with Crippen LogP contribution in [-0.4, -0.2) is 37.5 Å². The van der Waals surface area contributed by atoms with E-state index in [0.29, 0.717) is 11.6 Å². The number of nitrogens with one attached hydrogen (secondary N) is 2. The number of carbonyl (C=O) groups is 1. The van der Waals surface area contributed by atoms with E-state index < -0.39 is 0 Å². The minimum atomic E-state index is -0.0392. The summed E-state index contributed by atoms with van der Waals surface area (Å²) in [7, 11) is 1.66. The smallest absolute Gasteiger partial charge is 0.251 e. The lowest BCUT2D eigenvalue weighted by molar-refractivity contribution is 0.0963. The number of hydrogen-bond acceptors (Lipinski definition) is 3. The van der Waals surface area contributed by atoms with Crippen LogP contribution >= 0.6 is 0 Å². The molecule has 2 aromatic rings. The number of benzene rings is 2. The Morgan fingerprint density at radius 2 is 1.80 bits per heavy atom. The Bertz CT molecular complexity index is 694. The van der Waals surface area contributed by atoms with Crippen LogP contribution in [0.3, 0.4) is 0 Å². The molecule has 1 aliphatic heterocycles. The summed E-state index contributed by atoms with van der Waals surface area (Å²) in [4.78, 5) is 14.2. The molecule has 0 aliphatic carbocycles. The summed E-state index contributed by atoms with van der Waals surface area (Å²) in [5, 5.41) is 6.18. The highest BCUT2D eigenvalue weighted by atomic mass is 16.1. The van der Waals surface area contributed by atoms with Gasteiger partial charge in [-0.3, -0.25) is 9.69 Å². The average Bonchev–Trinajstić information content (AvgIpc) is 2.68. The predicted molar refractivity (Wildman–Crippen MR) is 102 cm³/mol. The van der Waals surface area contributed by atoms with Crippen molar-refractivity contribution in [2.75, 3.05) is 26.7 Å². The fourth-order valence-corrected chi connectivity index (χ4v) is 3.38. The lowest BCUT2D eigenvalue weighted by Crippen LogP contribution is -2.45. The minimum absolute atomic E-state index is 0.0392. The van der Waals surface area contributed by atoms with Crippen LogP contribution in [0, 0.1) is 0 Å². The van der Waals surface area contributed by atoms with Crippen molar-refractivity contribution in [2.45, 2.75) is 25.9 Å². The van der Waals surface area contributed by atoms with Gasteiger partial charge >= 0.3 is 0 Å². The normalized spacial score (nSPS) is 18.1. The van der Waals surface area contributed by atoms with Crippen LogP contribution in [0.1, 0.15) is 40.0 Å². The van der Waals surface area contributed by atoms with Crippen molar-refractivity contribution in [2.24, 2.45) is 0 Å². The van der Waals surface area contributed by atoms with Crippen LogP contribution in [0.15, 0.2) is 48.5 Å². The zero-order valence-corrected chi connectivity index (χ0v) is 15.1. The molecule has 0 spiro atoms. The van der Waals surface area contributed by atoms with Crippen molar-refractivity contribution in [3.63, 3.8) is 0 Å². The molecular formula is C21H27N3O. The van der Waals surface area contributed by atoms with Crippen molar-refractivity contribution < 1.29 is 4.79 Å². The van der Waals surface area contributed by atoms with E-state index in [1.165, 1.54) is 16.7 Å². The minimum Gasteiger partial charge on any atom is -0.355 e.